The molecule has 2 aliphatic rings. The third-order valence-corrected chi connectivity index (χ3v) is 2.85. The Kier molecular flexibility index (Phi) is 1.44. The van der Waals surface area contributed by atoms with Gasteiger partial charge in [-0.25, -0.2) is 0 Å². The van der Waals surface area contributed by atoms with Gasteiger partial charge in [0.05, 0.1) is 12.6 Å². The van der Waals surface area contributed by atoms with Gasteiger partial charge in [0, 0.05) is 12.8 Å². The first-order valence-corrected chi connectivity index (χ1v) is 3.98. The molecule has 1 aliphatic heterocycles. The van der Waals surface area contributed by atoms with E-state index < -0.39 is 12.2 Å². The highest BCUT2D eigenvalue weighted by Crippen LogP contribution is 2.28. The average molecular weight is 144 g/mol. The molecule has 1 heterocycles. The van der Waals surface area contributed by atoms with Gasteiger partial charge in [-0.05, 0) is 5.92 Å². The summed E-state index contributed by atoms with van der Waals surface area (Å²) in [4.78, 5) is 0. The number of fused-ring (bicyclic) bond motifs is 2. The molecule has 0 aromatic rings. The molecule has 3 heteroatoms. The number of nitrogens with two attached hydrogens (primary N) is 1. The van der Waals surface area contributed by atoms with Crippen LogP contribution in [-0.4, -0.2) is 35.0 Å². The van der Waals surface area contributed by atoms with Crippen LogP contribution in [0.4, 0.5) is 0 Å². The van der Waals surface area contributed by atoms with Crippen molar-refractivity contribution < 1.29 is 15.5 Å². The summed E-state index contributed by atoms with van der Waals surface area (Å²) in [6, 6.07) is 0.286. The lowest BCUT2D eigenvalue weighted by Crippen LogP contribution is -2.92. The molecule has 2 bridgehead atoms. The summed E-state index contributed by atoms with van der Waals surface area (Å²) in [5.41, 5.74) is 0. The van der Waals surface area contributed by atoms with Crippen molar-refractivity contribution in [3.8, 4) is 0 Å². The number of piperidine rings is 1. The van der Waals surface area contributed by atoms with Crippen molar-refractivity contribution in [1.82, 2.24) is 0 Å². The van der Waals surface area contributed by atoms with Crippen molar-refractivity contribution in [2.24, 2.45) is 5.92 Å². The largest absolute Gasteiger partial charge is 0.390 e. The Labute approximate surface area is 60.1 Å². The number of hydrogen-bond donors (Lipinski definition) is 3. The molecule has 0 amide bonds. The summed E-state index contributed by atoms with van der Waals surface area (Å²) in [7, 11) is 0. The average Bonchev–Trinajstić information content (AvgIpc) is 2.17. The molecular weight excluding hydrogens is 130 g/mol. The van der Waals surface area contributed by atoms with E-state index in [0.717, 1.165) is 19.4 Å². The highest BCUT2D eigenvalue weighted by molar-refractivity contribution is 4.92. The fraction of sp³-hybridized carbons (Fsp3) is 1.00. The van der Waals surface area contributed by atoms with Crippen molar-refractivity contribution in [1.29, 1.82) is 0 Å². The molecular formula is C7H14NO2+. The fourth-order valence-electron chi connectivity index (χ4n) is 2.21. The molecule has 4 atom stereocenters. The molecule has 1 saturated heterocycles. The third-order valence-electron chi connectivity index (χ3n) is 2.85. The van der Waals surface area contributed by atoms with Crippen molar-refractivity contribution in [2.75, 3.05) is 6.54 Å². The molecule has 3 nitrogen and oxygen atoms in total. The van der Waals surface area contributed by atoms with Gasteiger partial charge in [0.2, 0.25) is 0 Å². The highest BCUT2D eigenvalue weighted by atomic mass is 16.3. The van der Waals surface area contributed by atoms with Crippen LogP contribution in [0.25, 0.3) is 0 Å². The number of hydrogen-bond acceptors (Lipinski definition) is 2. The van der Waals surface area contributed by atoms with Crippen molar-refractivity contribution in [3.63, 3.8) is 0 Å². The first-order chi connectivity index (χ1) is 4.79. The second kappa shape index (κ2) is 2.19. The van der Waals surface area contributed by atoms with Gasteiger partial charge in [-0.2, -0.15) is 0 Å². The molecule has 2 rings (SSSR count). The lowest BCUT2D eigenvalue weighted by Gasteiger charge is -2.16. The summed E-state index contributed by atoms with van der Waals surface area (Å²) >= 11 is 0. The van der Waals surface area contributed by atoms with Gasteiger partial charge in [-0.3, -0.25) is 0 Å². The van der Waals surface area contributed by atoms with Gasteiger partial charge >= 0.3 is 0 Å². The first-order valence-electron chi connectivity index (χ1n) is 3.98. The van der Waals surface area contributed by atoms with Gasteiger partial charge in [0.25, 0.3) is 0 Å². The van der Waals surface area contributed by atoms with Crippen LogP contribution in [-0.2, 0) is 0 Å². The predicted molar refractivity (Wildman–Crippen MR) is 35.3 cm³/mol. The van der Waals surface area contributed by atoms with E-state index in [-0.39, 0.29) is 6.04 Å². The zero-order chi connectivity index (χ0) is 7.14. The minimum atomic E-state index is -0.465. The Hall–Kier alpha value is -0.120. The minimum Gasteiger partial charge on any atom is -0.390 e. The molecule has 58 valence electrons. The minimum absolute atomic E-state index is 0.286. The van der Waals surface area contributed by atoms with Gasteiger partial charge in [-0.15, -0.1) is 0 Å². The smallest absolute Gasteiger partial charge is 0.132 e. The molecule has 0 spiro atoms. The van der Waals surface area contributed by atoms with Crippen LogP contribution < -0.4 is 5.32 Å². The molecule has 0 radical (unpaired) electrons. The second-order valence-corrected chi connectivity index (χ2v) is 3.45. The van der Waals surface area contributed by atoms with Crippen molar-refractivity contribution >= 4 is 0 Å². The standard InChI is InChI=1S/C7H13NO2/c9-6-4-1-2-8-5(3-4)7(6)10/h4-10H,1-3H2/p+1/t4-,5+,6-,7-/m1/s1. The van der Waals surface area contributed by atoms with E-state index in [1.165, 1.54) is 0 Å². The second-order valence-electron chi connectivity index (χ2n) is 3.45. The fourth-order valence-corrected chi connectivity index (χ4v) is 2.21. The Morgan fingerprint density at radius 3 is 2.60 bits per heavy atom. The van der Waals surface area contributed by atoms with Crippen molar-refractivity contribution in [2.45, 2.75) is 31.1 Å². The zero-order valence-corrected chi connectivity index (χ0v) is 5.90. The number of quaternary nitrogens is 1. The Bertz CT molecular complexity index is 122. The quantitative estimate of drug-likeness (QED) is 0.370. The van der Waals surface area contributed by atoms with Crippen LogP contribution in [0.5, 0.6) is 0 Å². The number of rotatable bonds is 0. The van der Waals surface area contributed by atoms with Gasteiger partial charge < -0.3 is 15.5 Å². The molecule has 1 saturated carbocycles. The molecule has 1 aliphatic carbocycles. The Morgan fingerprint density at radius 1 is 1.20 bits per heavy atom. The monoisotopic (exact) mass is 144 g/mol. The molecule has 0 unspecified atom stereocenters. The van der Waals surface area contributed by atoms with Crippen LogP contribution >= 0.6 is 0 Å². The summed E-state index contributed by atoms with van der Waals surface area (Å²) in [5, 5.41) is 20.9. The zero-order valence-electron chi connectivity index (χ0n) is 5.90. The maximum absolute atomic E-state index is 9.40. The molecule has 0 aromatic heterocycles. The van der Waals surface area contributed by atoms with Crippen molar-refractivity contribution in [3.05, 3.63) is 0 Å². The molecule has 0 aromatic carbocycles. The van der Waals surface area contributed by atoms with E-state index in [2.05, 4.69) is 5.32 Å². The topological polar surface area (TPSA) is 57.1 Å². The Morgan fingerprint density at radius 2 is 2.00 bits per heavy atom. The van der Waals surface area contributed by atoms with Crippen LogP contribution in [0.1, 0.15) is 12.8 Å². The maximum atomic E-state index is 9.40. The van der Waals surface area contributed by atoms with Crippen LogP contribution in [0.2, 0.25) is 0 Å². The van der Waals surface area contributed by atoms with E-state index in [1.54, 1.807) is 0 Å². The van der Waals surface area contributed by atoms with Crippen LogP contribution in [0, 0.1) is 5.92 Å². The Balaban J connectivity index is 2.13. The third kappa shape index (κ3) is 0.779. The summed E-state index contributed by atoms with van der Waals surface area (Å²) in [5.74, 6) is 0.380. The molecule has 10 heavy (non-hydrogen) atoms. The van der Waals surface area contributed by atoms with E-state index in [9.17, 15) is 10.2 Å². The number of aliphatic hydroxyl groups is 2. The van der Waals surface area contributed by atoms with Gasteiger partial charge in [0.15, 0.2) is 0 Å². The lowest BCUT2D eigenvalue weighted by molar-refractivity contribution is -0.700. The van der Waals surface area contributed by atoms with Crippen LogP contribution in [0.15, 0.2) is 0 Å². The maximum Gasteiger partial charge on any atom is 0.132 e. The highest BCUT2D eigenvalue weighted by Gasteiger charge is 2.46. The van der Waals surface area contributed by atoms with Crippen LogP contribution in [0.3, 0.4) is 0 Å². The van der Waals surface area contributed by atoms with E-state index >= 15 is 0 Å². The lowest BCUT2D eigenvalue weighted by atomic mass is 9.99. The summed E-state index contributed by atoms with van der Waals surface area (Å²) < 4.78 is 0. The summed E-state index contributed by atoms with van der Waals surface area (Å²) in [6.45, 7) is 1.07. The normalized spacial score (nSPS) is 53.4. The molecule has 2 fully saturated rings. The number of aliphatic hydroxyl groups excluding tert-OH is 2. The predicted octanol–water partition coefficient (Wildman–Crippen LogP) is -1.94. The molecule has 4 N–H and O–H groups in total. The first kappa shape index (κ1) is 6.58. The van der Waals surface area contributed by atoms with Gasteiger partial charge in [0.1, 0.15) is 12.1 Å². The van der Waals surface area contributed by atoms with E-state index in [1.807, 2.05) is 0 Å². The summed E-state index contributed by atoms with van der Waals surface area (Å²) in [6.07, 6.45) is 1.16. The SMILES string of the molecule is O[C@@H]1[C@@H]2CC[NH2+][C@@H](C2)[C@H]1O. The van der Waals surface area contributed by atoms with E-state index in [0.29, 0.717) is 5.92 Å². The van der Waals surface area contributed by atoms with E-state index in [4.69, 9.17) is 0 Å². The van der Waals surface area contributed by atoms with Gasteiger partial charge in [-0.1, -0.05) is 0 Å².